The SMILES string of the molecule is COP(O)(=S)OCCCCc1cn(CCCCCC(=O)CC(COCCC(=O)CCCOCCOCCOCCOC2OC(CO)C(O)C(O)C2C)(COCCC(=O)CCCOCCOCCOCCOC2OC(CO)C(O)C(O)C2C)COCCC(=O)CCCOCCOCCOCCOC2OC(CO)C(O)C(O)C2C)nn1. The molecular weight excluding hydrogens is 1550 g/mol. The van der Waals surface area contributed by atoms with Crippen LogP contribution in [-0.2, 0) is 138 Å². The van der Waals surface area contributed by atoms with E-state index in [4.69, 9.17) is 106 Å². The summed E-state index contributed by atoms with van der Waals surface area (Å²) in [4.78, 5) is 63.4. The number of aliphatic hydroxyl groups is 9. The molecule has 3 fully saturated rings. The van der Waals surface area contributed by atoms with Gasteiger partial charge in [0.25, 0.3) is 0 Å². The molecule has 4 rings (SSSR count). The van der Waals surface area contributed by atoms with Crippen LogP contribution >= 0.6 is 6.72 Å². The topological polar surface area (TPSA) is 486 Å². The van der Waals surface area contributed by atoms with Gasteiger partial charge in [0.15, 0.2) is 18.9 Å². The zero-order valence-electron chi connectivity index (χ0n) is 67.4. The van der Waals surface area contributed by atoms with Crippen molar-refractivity contribution in [3.63, 3.8) is 0 Å². The van der Waals surface area contributed by atoms with E-state index in [1.807, 2.05) is 6.20 Å². The first-order valence-corrected chi connectivity index (χ1v) is 42.8. The van der Waals surface area contributed by atoms with Crippen molar-refractivity contribution < 1.29 is 164 Å². The first kappa shape index (κ1) is 104. The van der Waals surface area contributed by atoms with E-state index in [0.717, 1.165) is 18.5 Å². The first-order valence-electron chi connectivity index (χ1n) is 40.2. The van der Waals surface area contributed by atoms with Gasteiger partial charge in [-0.05, 0) is 63.2 Å². The molecular formula is C75H136N3O34PS. The van der Waals surface area contributed by atoms with Crippen molar-refractivity contribution in [2.24, 2.45) is 23.2 Å². The molecule has 4 heterocycles. The molecule has 0 amide bonds. The second-order valence-corrected chi connectivity index (χ2v) is 31.5. The summed E-state index contributed by atoms with van der Waals surface area (Å²) in [5.74, 6) is -1.75. The van der Waals surface area contributed by atoms with Crippen molar-refractivity contribution in [2.75, 3.05) is 212 Å². The molecule has 0 radical (unpaired) electrons. The third-order valence-electron chi connectivity index (χ3n) is 19.2. The molecule has 0 saturated carbocycles. The molecule has 16 atom stereocenters. The Morgan fingerprint density at radius 1 is 0.412 bits per heavy atom. The monoisotopic (exact) mass is 1690 g/mol. The maximum absolute atomic E-state index is 14.1. The van der Waals surface area contributed by atoms with Crippen LogP contribution in [-0.4, -0.2) is 375 Å². The van der Waals surface area contributed by atoms with Gasteiger partial charge in [0, 0.05) is 114 Å². The Labute approximate surface area is 675 Å². The maximum Gasteiger partial charge on any atom is 0.324 e. The second kappa shape index (κ2) is 63.3. The molecule has 37 nitrogen and oxygen atoms in total. The summed E-state index contributed by atoms with van der Waals surface area (Å²) in [6.07, 6.45) is -3.63. The van der Waals surface area contributed by atoms with Gasteiger partial charge in [-0.15, -0.1) is 5.10 Å². The summed E-state index contributed by atoms with van der Waals surface area (Å²) in [6, 6.07) is 0. The van der Waals surface area contributed by atoms with Crippen LogP contribution in [0, 0.1) is 23.2 Å². The normalized spacial score (nSPS) is 25.1. The number of aromatic nitrogens is 3. The van der Waals surface area contributed by atoms with Crippen molar-refractivity contribution in [1.29, 1.82) is 0 Å². The summed E-state index contributed by atoms with van der Waals surface area (Å²) in [5, 5.41) is 97.8. The number of hydrogen-bond donors (Lipinski definition) is 10. The number of ketones is 4. The molecule has 3 aliphatic rings. The predicted molar refractivity (Wildman–Crippen MR) is 408 cm³/mol. The quantitative estimate of drug-likeness (QED) is 0.0317. The molecule has 0 spiro atoms. The van der Waals surface area contributed by atoms with Crippen LogP contribution in [0.4, 0.5) is 0 Å². The first-order chi connectivity index (χ1) is 55.1. The van der Waals surface area contributed by atoms with Crippen molar-refractivity contribution in [2.45, 2.75) is 210 Å². The fourth-order valence-corrected chi connectivity index (χ4v) is 12.9. The Morgan fingerprint density at radius 2 is 0.746 bits per heavy atom. The predicted octanol–water partition coefficient (Wildman–Crippen LogP) is 0.679. The van der Waals surface area contributed by atoms with Gasteiger partial charge >= 0.3 is 6.72 Å². The summed E-state index contributed by atoms with van der Waals surface area (Å²) >= 11 is 4.88. The van der Waals surface area contributed by atoms with Gasteiger partial charge in [-0.2, -0.15) is 0 Å². The zero-order chi connectivity index (χ0) is 83.0. The minimum atomic E-state index is -3.21. The van der Waals surface area contributed by atoms with Crippen LogP contribution < -0.4 is 0 Å². The van der Waals surface area contributed by atoms with Crippen LogP contribution in [0.5, 0.6) is 0 Å². The molecule has 3 saturated heterocycles. The largest absolute Gasteiger partial charge is 0.394 e. The fraction of sp³-hybridized carbons (Fsp3) is 0.920. The van der Waals surface area contributed by atoms with E-state index < -0.39 is 124 Å². The van der Waals surface area contributed by atoms with E-state index in [2.05, 4.69) is 10.3 Å². The lowest BCUT2D eigenvalue weighted by Crippen LogP contribution is -2.55. The molecule has 16 unspecified atom stereocenters. The highest BCUT2D eigenvalue weighted by Crippen LogP contribution is 2.42. The molecule has 0 aromatic carbocycles. The summed E-state index contributed by atoms with van der Waals surface area (Å²) in [5.41, 5.74) is -0.258. The maximum atomic E-state index is 14.1. The number of rotatable bonds is 75. The van der Waals surface area contributed by atoms with Gasteiger partial charge in [0.2, 0.25) is 0 Å². The Bertz CT molecular complexity index is 2470. The van der Waals surface area contributed by atoms with Gasteiger partial charge in [-0.1, -0.05) is 32.4 Å². The van der Waals surface area contributed by atoms with Gasteiger partial charge in [-0.3, -0.25) is 23.9 Å². The number of ether oxygens (including phenoxy) is 18. The summed E-state index contributed by atoms with van der Waals surface area (Å²) in [7, 11) is 1.31. The second-order valence-electron chi connectivity index (χ2n) is 28.6. The number of carbonyl (C=O) groups is 4. The zero-order valence-corrected chi connectivity index (χ0v) is 69.1. The average Bonchev–Trinajstić information content (AvgIpc) is 0.880. The van der Waals surface area contributed by atoms with Crippen molar-refractivity contribution >= 4 is 41.7 Å². The van der Waals surface area contributed by atoms with E-state index in [1.54, 1.807) is 25.5 Å². The van der Waals surface area contributed by atoms with Crippen molar-refractivity contribution in [3.05, 3.63) is 11.9 Å². The molecule has 0 aliphatic carbocycles. The third-order valence-corrected chi connectivity index (χ3v) is 20.9. The summed E-state index contributed by atoms with van der Waals surface area (Å²) in [6.45, 7) is 7.06. The molecule has 39 heteroatoms. The molecule has 114 heavy (non-hydrogen) atoms. The Morgan fingerprint density at radius 3 is 1.09 bits per heavy atom. The van der Waals surface area contributed by atoms with Crippen LogP contribution in [0.15, 0.2) is 6.20 Å². The average molecular weight is 1690 g/mol. The minimum absolute atomic E-state index is 0.0131. The van der Waals surface area contributed by atoms with Crippen LogP contribution in [0.2, 0.25) is 0 Å². The highest BCUT2D eigenvalue weighted by molar-refractivity contribution is 8.07. The van der Waals surface area contributed by atoms with Crippen LogP contribution in [0.25, 0.3) is 0 Å². The van der Waals surface area contributed by atoms with E-state index in [0.29, 0.717) is 131 Å². The van der Waals surface area contributed by atoms with Gasteiger partial charge < -0.3 is 145 Å². The Hall–Kier alpha value is -2.73. The van der Waals surface area contributed by atoms with Crippen LogP contribution in [0.1, 0.15) is 129 Å². The number of unbranched alkanes of at least 4 members (excludes halogenated alkanes) is 3. The number of Topliss-reactive ketones (excluding diaryl/α,β-unsaturated/α-hetero) is 4. The Balaban J connectivity index is 1.23. The van der Waals surface area contributed by atoms with Crippen molar-refractivity contribution in [3.8, 4) is 0 Å². The highest BCUT2D eigenvalue weighted by Gasteiger charge is 2.45. The lowest BCUT2D eigenvalue weighted by molar-refractivity contribution is -0.284. The van der Waals surface area contributed by atoms with Crippen LogP contribution in [0.3, 0.4) is 0 Å². The molecule has 1 aromatic heterocycles. The number of aryl methyl sites for hydroxylation is 2. The van der Waals surface area contributed by atoms with E-state index in [9.17, 15) is 70.0 Å². The van der Waals surface area contributed by atoms with Crippen molar-refractivity contribution in [1.82, 2.24) is 15.0 Å². The lowest BCUT2D eigenvalue weighted by atomic mass is 9.84. The minimum Gasteiger partial charge on any atom is -0.394 e. The molecule has 666 valence electrons. The number of carbonyl (C=O) groups excluding carboxylic acids is 4. The fourth-order valence-electron chi connectivity index (χ4n) is 12.2. The number of aliphatic hydroxyl groups excluding tert-OH is 9. The summed E-state index contributed by atoms with van der Waals surface area (Å²) < 4.78 is 115. The molecule has 0 bridgehead atoms. The molecule has 1 aromatic rings. The molecule has 3 aliphatic heterocycles. The van der Waals surface area contributed by atoms with E-state index >= 15 is 0 Å². The van der Waals surface area contributed by atoms with Gasteiger partial charge in [0.1, 0.15) is 59.8 Å². The Kier molecular flexibility index (Phi) is 57.5. The third kappa shape index (κ3) is 44.7. The van der Waals surface area contributed by atoms with E-state index in [-0.39, 0.29) is 180 Å². The number of hydrogen-bond acceptors (Lipinski definition) is 36. The van der Waals surface area contributed by atoms with Gasteiger partial charge in [-0.25, -0.2) is 0 Å². The molecule has 10 N–H and O–H groups in total. The highest BCUT2D eigenvalue weighted by atomic mass is 32.5. The van der Waals surface area contributed by atoms with E-state index in [1.165, 1.54) is 7.11 Å². The smallest absolute Gasteiger partial charge is 0.324 e. The number of nitrogens with zero attached hydrogens (tertiary/aromatic N) is 3. The standard InChI is InChI=1S/C75H136N3O34PS/c1-55-66(86)69(89)63(49-79)110-72(55)106-44-41-100-38-35-97-32-29-94-22-10-15-59(82)18-26-103-52-75(47-62(85)14-6-5-8-21-78-48-58(76-77-78)13-7-9-25-109-113(92,114)93-4,53-104-27-19-60(83)16-11-23-95-30-33-98-36-39-101-42-45-107-73-56(2)67(87)70(90)64(50-80)111-73)54-105-28-20-61(84)17-12-24-96-31-34-99-37-40-102-43-46-108-74-57(3)68(88)71(91)65(51-81)112-74/h48,55-57,63-74,79-81,86-91H,5-47,49-54H2,1-4H3,(H,92,114). The van der Waals surface area contributed by atoms with Gasteiger partial charge in [0.05, 0.1) is 209 Å². The lowest BCUT2D eigenvalue weighted by Gasteiger charge is -2.40.